The van der Waals surface area contributed by atoms with Crippen LogP contribution in [0.2, 0.25) is 0 Å². The van der Waals surface area contributed by atoms with E-state index in [1.54, 1.807) is 0 Å². The number of rotatable bonds is 5. The van der Waals surface area contributed by atoms with Gasteiger partial charge in [-0.3, -0.25) is 0 Å². The maximum Gasteiger partial charge on any atom is 0.251 e. The topological polar surface area (TPSA) is 105 Å². The highest BCUT2D eigenvalue weighted by Crippen LogP contribution is 2.26. The van der Waals surface area contributed by atoms with Gasteiger partial charge in [-0.1, -0.05) is 6.07 Å². The lowest BCUT2D eigenvalue weighted by Gasteiger charge is -2.29. The third-order valence-electron chi connectivity index (χ3n) is 4.23. The fourth-order valence-corrected chi connectivity index (χ4v) is 4.40. The smallest absolute Gasteiger partial charge is 0.251 e. The molecule has 0 saturated heterocycles. The van der Waals surface area contributed by atoms with Crippen molar-refractivity contribution in [1.82, 2.24) is 14.7 Å². The first-order chi connectivity index (χ1) is 12.9. The van der Waals surface area contributed by atoms with Crippen LogP contribution in [0.1, 0.15) is 31.4 Å². The second-order valence-corrected chi connectivity index (χ2v) is 7.74. The van der Waals surface area contributed by atoms with Crippen molar-refractivity contribution in [2.45, 2.75) is 42.7 Å². The zero-order valence-electron chi connectivity index (χ0n) is 14.1. The molecule has 0 bridgehead atoms. The molecule has 0 atom stereocenters. The molecule has 3 rings (SSSR count). The summed E-state index contributed by atoms with van der Waals surface area (Å²) >= 11 is 0. The van der Waals surface area contributed by atoms with Crippen LogP contribution in [0.3, 0.4) is 0 Å². The molecule has 1 heterocycles. The van der Waals surface area contributed by atoms with Crippen LogP contribution < -0.4 is 9.46 Å². The Bertz CT molecular complexity index is 950. The predicted octanol–water partition coefficient (Wildman–Crippen LogP) is 2.29. The average molecular weight is 394 g/mol. The Labute approximate surface area is 155 Å². The molecule has 0 amide bonds. The summed E-state index contributed by atoms with van der Waals surface area (Å²) in [7, 11) is -4.31. The molecule has 0 radical (unpaired) electrons. The molecule has 1 N–H and O–H groups in total. The number of aromatic nitrogens is 2. The van der Waals surface area contributed by atoms with Crippen LogP contribution in [0.4, 0.5) is 8.78 Å². The highest BCUT2D eigenvalue weighted by Gasteiger charge is 2.30. The van der Waals surface area contributed by atoms with Gasteiger partial charge in [-0.2, -0.15) is 5.26 Å². The molecule has 7 nitrogen and oxygen atoms in total. The number of nitrogens with zero attached hydrogens (tertiary/aromatic N) is 3. The molecule has 27 heavy (non-hydrogen) atoms. The minimum absolute atomic E-state index is 0.0790. The molecule has 0 unspecified atom stereocenters. The van der Waals surface area contributed by atoms with Crippen molar-refractivity contribution in [2.24, 2.45) is 0 Å². The Morgan fingerprint density at radius 1 is 1.11 bits per heavy atom. The molecular weight excluding hydrogens is 378 g/mol. The van der Waals surface area contributed by atoms with Crippen LogP contribution in [0.15, 0.2) is 35.5 Å². The van der Waals surface area contributed by atoms with E-state index >= 15 is 0 Å². The van der Waals surface area contributed by atoms with Gasteiger partial charge in [0.15, 0.2) is 4.90 Å². The van der Waals surface area contributed by atoms with Gasteiger partial charge in [0.1, 0.15) is 23.8 Å². The number of halogens is 2. The summed E-state index contributed by atoms with van der Waals surface area (Å²) in [6, 6.07) is 4.33. The second kappa shape index (κ2) is 7.94. The van der Waals surface area contributed by atoms with Crippen molar-refractivity contribution in [3.63, 3.8) is 0 Å². The van der Waals surface area contributed by atoms with Gasteiger partial charge in [-0.05, 0) is 37.8 Å². The summed E-state index contributed by atoms with van der Waals surface area (Å²) < 4.78 is 60.2. The second-order valence-electron chi connectivity index (χ2n) is 6.09. The third-order valence-corrected chi connectivity index (χ3v) is 5.80. The van der Waals surface area contributed by atoms with Gasteiger partial charge in [0.25, 0.3) is 5.88 Å². The van der Waals surface area contributed by atoms with Gasteiger partial charge >= 0.3 is 0 Å². The minimum Gasteiger partial charge on any atom is -0.472 e. The quantitative estimate of drug-likeness (QED) is 0.834. The molecule has 0 spiro atoms. The highest BCUT2D eigenvalue weighted by molar-refractivity contribution is 7.89. The summed E-state index contributed by atoms with van der Waals surface area (Å²) in [6.45, 7) is 0. The van der Waals surface area contributed by atoms with Crippen LogP contribution in [0.25, 0.3) is 0 Å². The van der Waals surface area contributed by atoms with Crippen molar-refractivity contribution in [2.75, 3.05) is 0 Å². The maximum atomic E-state index is 13.8. The normalized spacial score (nSPS) is 20.0. The van der Waals surface area contributed by atoms with Gasteiger partial charge < -0.3 is 4.74 Å². The SMILES string of the molecule is N#Cc1nccnc1OC1CCC(NS(=O)(=O)c2c(F)cccc2F)CC1. The van der Waals surface area contributed by atoms with E-state index in [1.165, 1.54) is 12.4 Å². The standard InChI is InChI=1S/C17H16F2N4O3S/c18-13-2-1-3-14(19)16(13)27(24,25)23-11-4-6-12(7-5-11)26-17-15(10-20)21-8-9-22-17/h1-3,8-9,11-12,23H,4-7H2. The van der Waals surface area contributed by atoms with E-state index in [2.05, 4.69) is 14.7 Å². The van der Waals surface area contributed by atoms with E-state index < -0.39 is 32.6 Å². The van der Waals surface area contributed by atoms with E-state index in [1.807, 2.05) is 6.07 Å². The molecule has 1 fully saturated rings. The van der Waals surface area contributed by atoms with E-state index in [0.717, 1.165) is 18.2 Å². The number of sulfonamides is 1. The van der Waals surface area contributed by atoms with E-state index in [9.17, 15) is 17.2 Å². The van der Waals surface area contributed by atoms with Gasteiger partial charge in [-0.15, -0.1) is 0 Å². The van der Waals surface area contributed by atoms with Crippen molar-refractivity contribution in [1.29, 1.82) is 5.26 Å². The first-order valence-electron chi connectivity index (χ1n) is 8.25. The summed E-state index contributed by atoms with van der Waals surface area (Å²) in [5, 5.41) is 9.00. The zero-order chi connectivity index (χ0) is 19.4. The Kier molecular flexibility index (Phi) is 5.62. The van der Waals surface area contributed by atoms with Gasteiger partial charge in [0.05, 0.1) is 0 Å². The number of benzene rings is 1. The Morgan fingerprint density at radius 2 is 1.74 bits per heavy atom. The first kappa shape index (κ1) is 19.1. The average Bonchev–Trinajstić information content (AvgIpc) is 2.63. The number of hydrogen-bond donors (Lipinski definition) is 1. The van der Waals surface area contributed by atoms with E-state index in [4.69, 9.17) is 10.00 Å². The zero-order valence-corrected chi connectivity index (χ0v) is 14.9. The molecule has 10 heteroatoms. The van der Waals surface area contributed by atoms with Crippen LogP contribution >= 0.6 is 0 Å². The fourth-order valence-electron chi connectivity index (χ4n) is 2.96. The van der Waals surface area contributed by atoms with Crippen molar-refractivity contribution in [3.8, 4) is 11.9 Å². The molecule has 1 aliphatic rings. The number of ether oxygens (including phenoxy) is 1. The lowest BCUT2D eigenvalue weighted by atomic mass is 9.94. The first-order valence-corrected chi connectivity index (χ1v) is 9.73. The molecule has 2 aromatic rings. The minimum atomic E-state index is -4.31. The van der Waals surface area contributed by atoms with Crippen LogP contribution in [0.5, 0.6) is 5.88 Å². The molecule has 1 aromatic carbocycles. The summed E-state index contributed by atoms with van der Waals surface area (Å²) in [6.07, 6.45) is 4.38. The summed E-state index contributed by atoms with van der Waals surface area (Å²) in [5.41, 5.74) is 0.0790. The molecule has 1 aromatic heterocycles. The monoisotopic (exact) mass is 394 g/mol. The lowest BCUT2D eigenvalue weighted by Crippen LogP contribution is -2.40. The molecule has 1 aliphatic carbocycles. The van der Waals surface area contributed by atoms with Crippen molar-refractivity contribution < 1.29 is 21.9 Å². The molecule has 1 saturated carbocycles. The van der Waals surface area contributed by atoms with Gasteiger partial charge in [0.2, 0.25) is 15.7 Å². The maximum absolute atomic E-state index is 13.8. The third kappa shape index (κ3) is 4.37. The molecule has 0 aliphatic heterocycles. The van der Waals surface area contributed by atoms with E-state index in [0.29, 0.717) is 25.7 Å². The van der Waals surface area contributed by atoms with Crippen LogP contribution in [0, 0.1) is 23.0 Å². The summed E-state index contributed by atoms with van der Waals surface area (Å²) in [5.74, 6) is -2.13. The van der Waals surface area contributed by atoms with Gasteiger partial charge in [0, 0.05) is 18.4 Å². The number of hydrogen-bond acceptors (Lipinski definition) is 6. The molecule has 142 valence electrons. The molecular formula is C17H16F2N4O3S. The Morgan fingerprint density at radius 3 is 2.37 bits per heavy atom. The van der Waals surface area contributed by atoms with Crippen molar-refractivity contribution in [3.05, 3.63) is 47.9 Å². The number of nitrogens with one attached hydrogen (secondary N) is 1. The van der Waals surface area contributed by atoms with Crippen LogP contribution in [-0.2, 0) is 10.0 Å². The van der Waals surface area contributed by atoms with Crippen LogP contribution in [-0.4, -0.2) is 30.5 Å². The predicted molar refractivity (Wildman–Crippen MR) is 90.1 cm³/mol. The Balaban J connectivity index is 1.62. The lowest BCUT2D eigenvalue weighted by molar-refractivity contribution is 0.137. The summed E-state index contributed by atoms with van der Waals surface area (Å²) in [4.78, 5) is 6.87. The van der Waals surface area contributed by atoms with Gasteiger partial charge in [-0.25, -0.2) is 31.9 Å². The largest absolute Gasteiger partial charge is 0.472 e. The van der Waals surface area contributed by atoms with E-state index in [-0.39, 0.29) is 17.7 Å². The fraction of sp³-hybridized carbons (Fsp3) is 0.353. The van der Waals surface area contributed by atoms with Crippen molar-refractivity contribution >= 4 is 10.0 Å². The highest BCUT2D eigenvalue weighted by atomic mass is 32.2. The Hall–Kier alpha value is -2.64. The number of nitriles is 1.